The Hall–Kier alpha value is -2.70. The molecule has 1 fully saturated rings. The highest BCUT2D eigenvalue weighted by atomic mass is 32.2. The van der Waals surface area contributed by atoms with Crippen LogP contribution in [-0.4, -0.2) is 123 Å². The number of imidazole rings is 1. The van der Waals surface area contributed by atoms with Crippen LogP contribution in [0.5, 0.6) is 0 Å². The maximum atomic E-state index is 12.7. The van der Waals surface area contributed by atoms with Crippen LogP contribution in [0.3, 0.4) is 0 Å². The van der Waals surface area contributed by atoms with Crippen molar-refractivity contribution in [3.63, 3.8) is 0 Å². The molecule has 2 aromatic rings. The number of fused-ring (bicyclic) bond motifs is 1. The molecule has 352 valence electrons. The van der Waals surface area contributed by atoms with Gasteiger partial charge in [-0.25, -0.2) is 28.6 Å². The van der Waals surface area contributed by atoms with Gasteiger partial charge in [0.2, 0.25) is 16.9 Å². The van der Waals surface area contributed by atoms with Crippen LogP contribution < -0.4 is 16.4 Å². The molecule has 0 radical (unpaired) electrons. The first-order valence-corrected chi connectivity index (χ1v) is 25.1. The van der Waals surface area contributed by atoms with Crippen LogP contribution in [-0.2, 0) is 50.7 Å². The fourth-order valence-corrected chi connectivity index (χ4v) is 9.28. The Balaban J connectivity index is 1.38. The number of nitrogens with zero attached hydrogens (tertiary/aromatic N) is 4. The van der Waals surface area contributed by atoms with E-state index in [1.807, 2.05) is 6.08 Å². The summed E-state index contributed by atoms with van der Waals surface area (Å²) in [6, 6.07) is 0. The Morgan fingerprint density at radius 2 is 1.68 bits per heavy atom. The van der Waals surface area contributed by atoms with Crippen molar-refractivity contribution in [1.29, 1.82) is 0 Å². The number of nitrogens with two attached hydrogens (primary N) is 1. The maximum absolute atomic E-state index is 12.7. The van der Waals surface area contributed by atoms with E-state index < -0.39 is 84.6 Å². The number of hydrogen-bond donors (Lipinski definition) is 9. The van der Waals surface area contributed by atoms with Gasteiger partial charge in [-0.1, -0.05) is 77.6 Å². The third kappa shape index (κ3) is 18.4. The lowest BCUT2D eigenvalue weighted by atomic mass is 9.87. The minimum absolute atomic E-state index is 0.0315. The number of nitrogen functional groups attached to an aromatic ring is 1. The molecule has 2 unspecified atom stereocenters. The van der Waals surface area contributed by atoms with Crippen molar-refractivity contribution in [1.82, 2.24) is 30.2 Å². The molecule has 1 aliphatic rings. The zero-order valence-corrected chi connectivity index (χ0v) is 38.3. The van der Waals surface area contributed by atoms with Gasteiger partial charge in [-0.05, 0) is 24.8 Å². The predicted molar refractivity (Wildman–Crippen MR) is 223 cm³/mol. The van der Waals surface area contributed by atoms with Gasteiger partial charge < -0.3 is 50.9 Å². The molecule has 10 N–H and O–H groups in total. The molecule has 28 heteroatoms. The summed E-state index contributed by atoms with van der Waals surface area (Å²) in [7, 11) is -16.4. The van der Waals surface area contributed by atoms with Gasteiger partial charge >= 0.3 is 23.5 Å². The molecular formula is C34H58N7O17P3S. The number of phosphoric ester groups is 3. The molecule has 1 aliphatic heterocycles. The lowest BCUT2D eigenvalue weighted by Crippen LogP contribution is -2.46. The molecule has 0 spiro atoms. The molecule has 7 atom stereocenters. The number of ether oxygens (including phenoxy) is 1. The number of nitrogens with one attached hydrogen (secondary N) is 2. The largest absolute Gasteiger partial charge is 0.481 e. The number of allylic oxidation sites excluding steroid dienone is 1. The number of hydrogen-bond acceptors (Lipinski definition) is 18. The zero-order valence-electron chi connectivity index (χ0n) is 34.8. The monoisotopic (exact) mass is 961 g/mol. The number of unbranched alkanes of at least 4 members (excludes halogenated alkanes) is 5. The standard InChI is InChI=1S/C34H58N7O17P3S/c1-22(2)12-10-8-6-5-7-9-11-13-25(43)62-17-16-36-24(42)14-15-37-32(46)29(45)34(3,4)19-55-61(52,53)58-60(50,51)54-18-23-28(57-59(47,48)49)27(44)33(56-23)41-21-40-26-30(35)38-20-39-31(26)41/h11,13,20-23,27-29,33,44-45H,5-10,12,14-19H2,1-4H3,(H,36,42)(H,37,46)(H,50,51)(H,52,53)(H2,35,38,39)(H2,47,48,49)/b13-11+/t23-,27-,28-,29+,33-/m0/s1. The summed E-state index contributed by atoms with van der Waals surface area (Å²) in [5, 5.41) is 26.4. The molecule has 0 bridgehead atoms. The topological polar surface area (TPSA) is 364 Å². The molecule has 0 aliphatic carbocycles. The minimum atomic E-state index is -5.57. The lowest BCUT2D eigenvalue weighted by molar-refractivity contribution is -0.137. The zero-order chi connectivity index (χ0) is 46.3. The number of anilines is 1. The van der Waals surface area contributed by atoms with Gasteiger partial charge in [0.25, 0.3) is 0 Å². The highest BCUT2D eigenvalue weighted by Gasteiger charge is 2.50. The maximum Gasteiger partial charge on any atom is 0.481 e. The van der Waals surface area contributed by atoms with Gasteiger partial charge in [0, 0.05) is 30.7 Å². The molecule has 0 saturated carbocycles. The van der Waals surface area contributed by atoms with E-state index in [4.69, 9.17) is 19.5 Å². The van der Waals surface area contributed by atoms with Gasteiger partial charge in [-0.15, -0.1) is 0 Å². The number of aliphatic hydroxyl groups excluding tert-OH is 2. The van der Waals surface area contributed by atoms with Crippen LogP contribution in [0.15, 0.2) is 24.8 Å². The molecule has 24 nitrogen and oxygen atoms in total. The number of rotatable bonds is 28. The number of aliphatic hydroxyl groups is 2. The third-order valence-electron chi connectivity index (χ3n) is 9.15. The summed E-state index contributed by atoms with van der Waals surface area (Å²) >= 11 is 1.06. The van der Waals surface area contributed by atoms with Gasteiger partial charge in [-0.2, -0.15) is 4.31 Å². The summed E-state index contributed by atoms with van der Waals surface area (Å²) < 4.78 is 62.3. The number of carbonyl (C=O) groups is 3. The van der Waals surface area contributed by atoms with Gasteiger partial charge in [0.05, 0.1) is 19.5 Å². The molecular weight excluding hydrogens is 903 g/mol. The summed E-state index contributed by atoms with van der Waals surface area (Å²) in [6.07, 6.45) is 4.37. The lowest BCUT2D eigenvalue weighted by Gasteiger charge is -2.30. The molecule has 62 heavy (non-hydrogen) atoms. The van der Waals surface area contributed by atoms with Gasteiger partial charge in [0.15, 0.2) is 17.7 Å². The fourth-order valence-electron chi connectivity index (χ4n) is 5.85. The van der Waals surface area contributed by atoms with E-state index in [1.54, 1.807) is 0 Å². The normalized spacial score (nSPS) is 21.0. The number of aromatic nitrogens is 4. The van der Waals surface area contributed by atoms with Crippen LogP contribution in [0.1, 0.15) is 85.3 Å². The minimum Gasteiger partial charge on any atom is -0.386 e. The van der Waals surface area contributed by atoms with Crippen LogP contribution in [0.25, 0.3) is 11.2 Å². The third-order valence-corrected chi connectivity index (χ3v) is 13.1. The van der Waals surface area contributed by atoms with Gasteiger partial charge in [-0.3, -0.25) is 32.5 Å². The van der Waals surface area contributed by atoms with E-state index in [2.05, 4.69) is 48.3 Å². The highest BCUT2D eigenvalue weighted by Crippen LogP contribution is 2.61. The van der Waals surface area contributed by atoms with Crippen molar-refractivity contribution in [3.05, 3.63) is 24.8 Å². The second-order valence-corrected chi connectivity index (χ2v) is 20.7. The van der Waals surface area contributed by atoms with Crippen LogP contribution in [0, 0.1) is 11.3 Å². The van der Waals surface area contributed by atoms with Crippen molar-refractivity contribution in [2.45, 2.75) is 110 Å². The molecule has 1 saturated heterocycles. The SMILES string of the molecule is CC(C)CCCCCCC/C=C/C(=O)SCCNC(=O)CCNC(=O)[C@@H](O)C(C)(C)COP(=O)(O)OP(=O)(O)OC[C@@H]1O[C@H](n2cnc3c(N)ncnc32)[C@@H](O)[C@H]1OP(=O)(O)O. The van der Waals surface area contributed by atoms with E-state index in [1.165, 1.54) is 45.6 Å². The second-order valence-electron chi connectivity index (χ2n) is 15.4. The predicted octanol–water partition coefficient (Wildman–Crippen LogP) is 2.61. The average Bonchev–Trinajstić information content (AvgIpc) is 3.73. The Labute approximate surface area is 362 Å². The van der Waals surface area contributed by atoms with Crippen molar-refractivity contribution in [2.75, 3.05) is 37.8 Å². The fraction of sp³-hybridized carbons (Fsp3) is 0.706. The molecule has 2 aromatic heterocycles. The number of amides is 2. The number of carbonyl (C=O) groups excluding carboxylic acids is 3. The summed E-state index contributed by atoms with van der Waals surface area (Å²) in [5.74, 6) is -0.377. The molecule has 3 heterocycles. The van der Waals surface area contributed by atoms with E-state index in [-0.39, 0.29) is 41.6 Å². The van der Waals surface area contributed by atoms with Crippen LogP contribution >= 0.6 is 35.2 Å². The first-order valence-electron chi connectivity index (χ1n) is 19.6. The Bertz CT molecular complexity index is 1970. The average molecular weight is 962 g/mol. The van der Waals surface area contributed by atoms with Crippen LogP contribution in [0.2, 0.25) is 0 Å². The summed E-state index contributed by atoms with van der Waals surface area (Å²) in [6.45, 7) is 4.95. The Morgan fingerprint density at radius 1 is 1.00 bits per heavy atom. The highest BCUT2D eigenvalue weighted by molar-refractivity contribution is 8.14. The number of phosphoric acid groups is 3. The Kier molecular flexibility index (Phi) is 21.2. The quantitative estimate of drug-likeness (QED) is 0.0336. The van der Waals surface area contributed by atoms with E-state index in [0.29, 0.717) is 5.75 Å². The summed E-state index contributed by atoms with van der Waals surface area (Å²) in [4.78, 5) is 88.0. The van der Waals surface area contributed by atoms with E-state index >= 15 is 0 Å². The van der Waals surface area contributed by atoms with Crippen molar-refractivity contribution in [2.24, 2.45) is 11.3 Å². The van der Waals surface area contributed by atoms with Crippen LogP contribution in [0.4, 0.5) is 5.82 Å². The Morgan fingerprint density at radius 3 is 2.37 bits per heavy atom. The van der Waals surface area contributed by atoms with Gasteiger partial charge in [0.1, 0.15) is 36.3 Å². The van der Waals surface area contributed by atoms with Crippen molar-refractivity contribution in [3.8, 4) is 0 Å². The van der Waals surface area contributed by atoms with Crippen molar-refractivity contribution >= 4 is 69.1 Å². The molecule has 2 amide bonds. The second kappa shape index (κ2) is 24.6. The smallest absolute Gasteiger partial charge is 0.386 e. The van der Waals surface area contributed by atoms with Crippen molar-refractivity contribution < 1.29 is 80.5 Å². The van der Waals surface area contributed by atoms with E-state index in [9.17, 15) is 57.9 Å². The molecule has 0 aromatic carbocycles. The summed E-state index contributed by atoms with van der Waals surface area (Å²) in [5.41, 5.74) is 4.27. The first kappa shape index (κ1) is 53.6. The van der Waals surface area contributed by atoms with E-state index in [0.717, 1.165) is 54.2 Å². The number of thioether (sulfide) groups is 1. The molecule has 3 rings (SSSR count). The first-order chi connectivity index (χ1) is 28.9.